The Hall–Kier alpha value is -1.88. The van der Waals surface area contributed by atoms with E-state index in [0.29, 0.717) is 29.1 Å². The molecule has 0 aliphatic carbocycles. The Balaban J connectivity index is 2.02. The van der Waals surface area contributed by atoms with Crippen molar-refractivity contribution < 1.29 is 19.5 Å². The van der Waals surface area contributed by atoms with Crippen LogP contribution in [0.3, 0.4) is 0 Å². The van der Waals surface area contributed by atoms with Gasteiger partial charge in [0, 0.05) is 24.1 Å². The summed E-state index contributed by atoms with van der Waals surface area (Å²) in [5, 5.41) is 11.5. The molecule has 0 saturated carbocycles. The van der Waals surface area contributed by atoms with E-state index in [0.717, 1.165) is 5.56 Å². The second-order valence-electron chi connectivity index (χ2n) is 4.74. The van der Waals surface area contributed by atoms with E-state index < -0.39 is 5.97 Å². The largest absolute Gasteiger partial charge is 0.481 e. The number of fused-ring (bicyclic) bond motifs is 1. The summed E-state index contributed by atoms with van der Waals surface area (Å²) in [7, 11) is 0. The Labute approximate surface area is 120 Å². The normalized spacial score (nSPS) is 12.9. The molecule has 0 spiro atoms. The second-order valence-corrected chi connectivity index (χ2v) is 5.15. The van der Waals surface area contributed by atoms with E-state index in [9.17, 15) is 14.4 Å². The number of amides is 1. The van der Waals surface area contributed by atoms with Crippen molar-refractivity contribution in [3.63, 3.8) is 0 Å². The van der Waals surface area contributed by atoms with Gasteiger partial charge >= 0.3 is 5.97 Å². The van der Waals surface area contributed by atoms with E-state index in [4.69, 9.17) is 16.7 Å². The lowest BCUT2D eigenvalue weighted by Gasteiger charge is -2.06. The fourth-order valence-corrected chi connectivity index (χ4v) is 2.43. The van der Waals surface area contributed by atoms with Gasteiger partial charge in [-0.05, 0) is 30.5 Å². The Morgan fingerprint density at radius 3 is 2.65 bits per heavy atom. The number of halogens is 1. The molecule has 0 unspecified atom stereocenters. The van der Waals surface area contributed by atoms with Gasteiger partial charge in [0.2, 0.25) is 5.91 Å². The minimum atomic E-state index is -0.863. The van der Waals surface area contributed by atoms with Crippen LogP contribution in [0.15, 0.2) is 12.1 Å². The van der Waals surface area contributed by atoms with Crippen molar-refractivity contribution in [2.24, 2.45) is 0 Å². The summed E-state index contributed by atoms with van der Waals surface area (Å²) >= 11 is 6.05. The number of unbranched alkanes of at least 4 members (excludes halogenated alkanes) is 1. The van der Waals surface area contributed by atoms with Crippen molar-refractivity contribution in [1.29, 1.82) is 0 Å². The van der Waals surface area contributed by atoms with Crippen LogP contribution in [0.2, 0.25) is 5.02 Å². The highest BCUT2D eigenvalue weighted by molar-refractivity contribution is 6.34. The van der Waals surface area contributed by atoms with Gasteiger partial charge in [-0.3, -0.25) is 14.4 Å². The van der Waals surface area contributed by atoms with E-state index in [1.165, 1.54) is 0 Å². The number of aliphatic carboxylic acids is 1. The van der Waals surface area contributed by atoms with Crippen LogP contribution in [-0.4, -0.2) is 22.8 Å². The van der Waals surface area contributed by atoms with E-state index in [-0.39, 0.29) is 31.0 Å². The standard InChI is InChI=1S/C14H14ClNO4/c15-10-7-11-8(6-13(18)16-11)5-9(10)12(17)3-1-2-4-14(19)20/h5,7H,1-4,6H2,(H,16,18)(H,19,20). The predicted molar refractivity (Wildman–Crippen MR) is 74.2 cm³/mol. The van der Waals surface area contributed by atoms with E-state index >= 15 is 0 Å². The van der Waals surface area contributed by atoms with Gasteiger partial charge in [0.1, 0.15) is 0 Å². The minimum absolute atomic E-state index is 0.0591. The van der Waals surface area contributed by atoms with Crippen molar-refractivity contribution in [3.05, 3.63) is 28.3 Å². The van der Waals surface area contributed by atoms with Gasteiger partial charge in [-0.1, -0.05) is 11.6 Å². The number of nitrogens with one attached hydrogen (secondary N) is 1. The number of ketones is 1. The van der Waals surface area contributed by atoms with Crippen molar-refractivity contribution in [2.45, 2.75) is 32.1 Å². The van der Waals surface area contributed by atoms with Crippen molar-refractivity contribution in [1.82, 2.24) is 0 Å². The van der Waals surface area contributed by atoms with Crippen LogP contribution in [0.25, 0.3) is 0 Å². The molecule has 2 N–H and O–H groups in total. The molecular formula is C14H14ClNO4. The highest BCUT2D eigenvalue weighted by atomic mass is 35.5. The molecular weight excluding hydrogens is 282 g/mol. The molecule has 0 radical (unpaired) electrons. The van der Waals surface area contributed by atoms with Crippen LogP contribution in [0.1, 0.15) is 41.6 Å². The average Bonchev–Trinajstić information content (AvgIpc) is 2.72. The lowest BCUT2D eigenvalue weighted by Crippen LogP contribution is -2.03. The first-order valence-corrected chi connectivity index (χ1v) is 6.72. The fourth-order valence-electron chi connectivity index (χ4n) is 2.16. The van der Waals surface area contributed by atoms with Crippen molar-refractivity contribution in [2.75, 3.05) is 5.32 Å². The van der Waals surface area contributed by atoms with Crippen LogP contribution in [0, 0.1) is 0 Å². The second kappa shape index (κ2) is 6.05. The van der Waals surface area contributed by atoms with Crippen LogP contribution in [0.5, 0.6) is 0 Å². The zero-order chi connectivity index (χ0) is 14.7. The van der Waals surface area contributed by atoms with Gasteiger partial charge in [0.15, 0.2) is 5.78 Å². The molecule has 1 aliphatic heterocycles. The van der Waals surface area contributed by atoms with Crippen LogP contribution >= 0.6 is 11.6 Å². The van der Waals surface area contributed by atoms with E-state index in [1.807, 2.05) is 0 Å². The Morgan fingerprint density at radius 2 is 1.95 bits per heavy atom. The highest BCUT2D eigenvalue weighted by Gasteiger charge is 2.21. The first-order chi connectivity index (χ1) is 9.47. The topological polar surface area (TPSA) is 83.5 Å². The predicted octanol–water partition coefficient (Wildman–Crippen LogP) is 2.66. The van der Waals surface area contributed by atoms with E-state index in [2.05, 4.69) is 5.32 Å². The molecule has 20 heavy (non-hydrogen) atoms. The number of rotatable bonds is 6. The van der Waals surface area contributed by atoms with Crippen molar-refractivity contribution in [3.8, 4) is 0 Å². The number of Topliss-reactive ketones (excluding diaryl/α,β-unsaturated/α-hetero) is 1. The molecule has 1 amide bonds. The molecule has 5 nitrogen and oxygen atoms in total. The minimum Gasteiger partial charge on any atom is -0.481 e. The maximum absolute atomic E-state index is 12.1. The smallest absolute Gasteiger partial charge is 0.303 e. The number of hydrogen-bond donors (Lipinski definition) is 2. The fraction of sp³-hybridized carbons (Fsp3) is 0.357. The maximum atomic E-state index is 12.1. The van der Waals surface area contributed by atoms with Crippen molar-refractivity contribution >= 4 is 34.9 Å². The monoisotopic (exact) mass is 295 g/mol. The molecule has 0 fully saturated rings. The van der Waals surface area contributed by atoms with Crippen LogP contribution in [0.4, 0.5) is 5.69 Å². The Kier molecular flexibility index (Phi) is 4.39. The zero-order valence-electron chi connectivity index (χ0n) is 10.7. The quantitative estimate of drug-likeness (QED) is 0.624. The first kappa shape index (κ1) is 14.5. The van der Waals surface area contributed by atoms with Gasteiger partial charge in [-0.2, -0.15) is 0 Å². The van der Waals surface area contributed by atoms with Crippen LogP contribution < -0.4 is 5.32 Å². The Bertz CT molecular complexity index is 583. The molecule has 106 valence electrons. The molecule has 2 rings (SSSR count). The summed E-state index contributed by atoms with van der Waals surface area (Å²) in [6.07, 6.45) is 1.54. The van der Waals surface area contributed by atoms with Crippen LogP contribution in [-0.2, 0) is 16.0 Å². The maximum Gasteiger partial charge on any atom is 0.303 e. The third-order valence-corrected chi connectivity index (χ3v) is 3.48. The first-order valence-electron chi connectivity index (χ1n) is 6.34. The van der Waals surface area contributed by atoms with Gasteiger partial charge in [0.25, 0.3) is 0 Å². The molecule has 6 heteroatoms. The lowest BCUT2D eigenvalue weighted by molar-refractivity contribution is -0.137. The lowest BCUT2D eigenvalue weighted by atomic mass is 10.0. The third kappa shape index (κ3) is 3.36. The van der Waals surface area contributed by atoms with Gasteiger partial charge < -0.3 is 10.4 Å². The SMILES string of the molecule is O=C(O)CCCCC(=O)c1cc2c(cc1Cl)NC(=O)C2. The molecule has 1 heterocycles. The molecule has 1 aromatic carbocycles. The summed E-state index contributed by atoms with van der Waals surface area (Å²) in [6, 6.07) is 3.24. The summed E-state index contributed by atoms with van der Waals surface area (Å²) in [4.78, 5) is 33.7. The average molecular weight is 296 g/mol. The molecule has 0 bridgehead atoms. The Morgan fingerprint density at radius 1 is 1.25 bits per heavy atom. The summed E-state index contributed by atoms with van der Waals surface area (Å²) in [6.45, 7) is 0. The number of carbonyl (C=O) groups excluding carboxylic acids is 2. The summed E-state index contributed by atoms with van der Waals surface area (Å²) in [5.74, 6) is -1.10. The van der Waals surface area contributed by atoms with Gasteiger partial charge in [0.05, 0.1) is 11.4 Å². The number of hydrogen-bond acceptors (Lipinski definition) is 3. The molecule has 0 atom stereocenters. The van der Waals surface area contributed by atoms with Gasteiger partial charge in [-0.15, -0.1) is 0 Å². The number of benzene rings is 1. The molecule has 1 aromatic rings. The number of carboxylic acid groups (broad SMARTS) is 1. The number of carboxylic acids is 1. The summed E-state index contributed by atoms with van der Waals surface area (Å²) in [5.41, 5.74) is 1.83. The summed E-state index contributed by atoms with van der Waals surface area (Å²) < 4.78 is 0. The number of carbonyl (C=O) groups is 3. The zero-order valence-corrected chi connectivity index (χ0v) is 11.5. The molecule has 0 aromatic heterocycles. The van der Waals surface area contributed by atoms with Gasteiger partial charge in [-0.25, -0.2) is 0 Å². The molecule has 0 saturated heterocycles. The molecule has 1 aliphatic rings. The number of anilines is 1. The van der Waals surface area contributed by atoms with E-state index in [1.54, 1.807) is 12.1 Å². The highest BCUT2D eigenvalue weighted by Crippen LogP contribution is 2.30. The third-order valence-electron chi connectivity index (χ3n) is 3.16.